The molecule has 1 heterocycles. The minimum Gasteiger partial charge on any atom is -0.377 e. The van der Waals surface area contributed by atoms with E-state index in [0.29, 0.717) is 23.7 Å². The van der Waals surface area contributed by atoms with E-state index < -0.39 is 15.4 Å². The van der Waals surface area contributed by atoms with Crippen LogP contribution in [0.4, 0.5) is 0 Å². The molecule has 1 N–H and O–H groups in total. The third-order valence-electron chi connectivity index (χ3n) is 9.73. The molecule has 1 aromatic heterocycles. The van der Waals surface area contributed by atoms with Crippen LogP contribution < -0.4 is 0 Å². The molecule has 4 aliphatic carbocycles. The standard InChI is InChI=1S/C24H32N2O3S/c1-5-24(27)11-9-19-17-7-6-16-12-20-15(14-25-21(26-20)30(4,28)29)13-22(16,2)18(17)8-10-23(19,24)3/h1,14,16-19,27H,6-13H2,2-4H3/t16-,17+,18-,19-,22-,23-,24-/m0/s1. The number of aromatic nitrogens is 2. The summed E-state index contributed by atoms with van der Waals surface area (Å²) in [6.45, 7) is 4.67. The van der Waals surface area contributed by atoms with E-state index in [1.807, 2.05) is 0 Å². The molecular formula is C24H32N2O3S. The van der Waals surface area contributed by atoms with Gasteiger partial charge in [0.2, 0.25) is 15.0 Å². The molecule has 0 bridgehead atoms. The van der Waals surface area contributed by atoms with E-state index in [1.54, 1.807) is 6.20 Å². The Morgan fingerprint density at radius 2 is 1.90 bits per heavy atom. The van der Waals surface area contributed by atoms with E-state index in [4.69, 9.17) is 6.42 Å². The van der Waals surface area contributed by atoms with Gasteiger partial charge < -0.3 is 5.11 Å². The van der Waals surface area contributed by atoms with Gasteiger partial charge in [0.15, 0.2) is 0 Å². The Morgan fingerprint density at radius 3 is 2.60 bits per heavy atom. The lowest BCUT2D eigenvalue weighted by Crippen LogP contribution is -2.56. The van der Waals surface area contributed by atoms with Gasteiger partial charge in [0.1, 0.15) is 5.60 Å². The fraction of sp³-hybridized carbons (Fsp3) is 0.750. The number of terminal acetylenes is 1. The summed E-state index contributed by atoms with van der Waals surface area (Å²) in [5.41, 5.74) is 1.07. The molecular weight excluding hydrogens is 396 g/mol. The quantitative estimate of drug-likeness (QED) is 0.549. The van der Waals surface area contributed by atoms with E-state index in [2.05, 4.69) is 29.7 Å². The normalized spacial score (nSPS) is 44.9. The third kappa shape index (κ3) is 2.61. The van der Waals surface area contributed by atoms with Crippen molar-refractivity contribution in [3.05, 3.63) is 17.5 Å². The lowest BCUT2D eigenvalue weighted by Gasteiger charge is -2.60. The maximum atomic E-state index is 11.9. The number of hydrogen-bond donors (Lipinski definition) is 1. The van der Waals surface area contributed by atoms with Crippen molar-refractivity contribution in [3.8, 4) is 12.3 Å². The van der Waals surface area contributed by atoms with E-state index in [-0.39, 0.29) is 16.0 Å². The molecule has 30 heavy (non-hydrogen) atoms. The van der Waals surface area contributed by atoms with Crippen LogP contribution in [-0.4, -0.2) is 35.3 Å². The second-order valence-electron chi connectivity index (χ2n) is 10.9. The summed E-state index contributed by atoms with van der Waals surface area (Å²) in [5, 5.41) is 11.1. The van der Waals surface area contributed by atoms with Gasteiger partial charge in [0, 0.05) is 23.6 Å². The van der Waals surface area contributed by atoms with Gasteiger partial charge in [0.05, 0.1) is 0 Å². The van der Waals surface area contributed by atoms with Crippen LogP contribution in [0.5, 0.6) is 0 Å². The van der Waals surface area contributed by atoms with Gasteiger partial charge in [-0.15, -0.1) is 6.42 Å². The van der Waals surface area contributed by atoms with Crippen molar-refractivity contribution in [3.63, 3.8) is 0 Å². The van der Waals surface area contributed by atoms with Crippen LogP contribution in [0.15, 0.2) is 11.4 Å². The molecule has 0 aliphatic heterocycles. The first-order chi connectivity index (χ1) is 14.0. The highest BCUT2D eigenvalue weighted by atomic mass is 32.2. The van der Waals surface area contributed by atoms with Crippen LogP contribution in [0.2, 0.25) is 0 Å². The zero-order valence-electron chi connectivity index (χ0n) is 18.2. The fourth-order valence-electron chi connectivity index (χ4n) is 7.97. The summed E-state index contributed by atoms with van der Waals surface area (Å²) < 4.78 is 23.8. The van der Waals surface area contributed by atoms with Crippen molar-refractivity contribution in [2.45, 2.75) is 76.0 Å². The molecule has 6 heteroatoms. The zero-order valence-corrected chi connectivity index (χ0v) is 19.0. The van der Waals surface area contributed by atoms with Gasteiger partial charge in [-0.2, -0.15) is 0 Å². The van der Waals surface area contributed by atoms with Crippen LogP contribution in [0.1, 0.15) is 63.6 Å². The van der Waals surface area contributed by atoms with E-state index in [0.717, 1.165) is 56.2 Å². The maximum Gasteiger partial charge on any atom is 0.246 e. The summed E-state index contributed by atoms with van der Waals surface area (Å²) >= 11 is 0. The molecule has 162 valence electrons. The highest BCUT2D eigenvalue weighted by Gasteiger charge is 2.64. The Balaban J connectivity index is 1.48. The monoisotopic (exact) mass is 428 g/mol. The molecule has 0 saturated heterocycles. The lowest BCUT2D eigenvalue weighted by atomic mass is 9.44. The molecule has 7 atom stereocenters. The van der Waals surface area contributed by atoms with Crippen molar-refractivity contribution in [1.29, 1.82) is 0 Å². The number of hydrogen-bond acceptors (Lipinski definition) is 5. The fourth-order valence-corrected chi connectivity index (χ4v) is 8.49. The van der Waals surface area contributed by atoms with Gasteiger partial charge in [-0.05, 0) is 86.0 Å². The highest BCUT2D eigenvalue weighted by molar-refractivity contribution is 7.90. The topological polar surface area (TPSA) is 80.2 Å². The summed E-state index contributed by atoms with van der Waals surface area (Å²) in [6.07, 6.45) is 16.6. The minimum atomic E-state index is -3.39. The molecule has 1 aromatic rings. The van der Waals surface area contributed by atoms with Crippen molar-refractivity contribution >= 4 is 9.84 Å². The highest BCUT2D eigenvalue weighted by Crippen LogP contribution is 2.67. The molecule has 4 aliphatic rings. The van der Waals surface area contributed by atoms with E-state index in [1.165, 1.54) is 12.7 Å². The van der Waals surface area contributed by atoms with Crippen molar-refractivity contribution in [2.24, 2.45) is 34.5 Å². The third-order valence-corrected chi connectivity index (χ3v) is 10.6. The molecule has 0 aromatic carbocycles. The Kier molecular flexibility index (Phi) is 4.29. The summed E-state index contributed by atoms with van der Waals surface area (Å²) in [7, 11) is -3.39. The van der Waals surface area contributed by atoms with Crippen molar-refractivity contribution < 1.29 is 13.5 Å². The van der Waals surface area contributed by atoms with Crippen LogP contribution in [-0.2, 0) is 22.7 Å². The van der Waals surface area contributed by atoms with Crippen LogP contribution in [0, 0.1) is 46.8 Å². The second kappa shape index (κ2) is 6.29. The molecule has 5 rings (SSSR count). The van der Waals surface area contributed by atoms with Gasteiger partial charge in [0.25, 0.3) is 0 Å². The van der Waals surface area contributed by atoms with Gasteiger partial charge in [-0.1, -0.05) is 19.8 Å². The van der Waals surface area contributed by atoms with Crippen LogP contribution >= 0.6 is 0 Å². The van der Waals surface area contributed by atoms with Crippen molar-refractivity contribution in [2.75, 3.05) is 6.26 Å². The van der Waals surface area contributed by atoms with Crippen LogP contribution in [0.25, 0.3) is 0 Å². The zero-order chi connectivity index (χ0) is 21.5. The first-order valence-electron chi connectivity index (χ1n) is 11.3. The lowest BCUT2D eigenvalue weighted by molar-refractivity contribution is -0.127. The van der Waals surface area contributed by atoms with E-state index in [9.17, 15) is 13.5 Å². The second-order valence-corrected chi connectivity index (χ2v) is 12.8. The minimum absolute atomic E-state index is 0.0495. The number of nitrogens with zero attached hydrogens (tertiary/aromatic N) is 2. The first kappa shape index (κ1) is 20.5. The molecule has 0 spiro atoms. The molecule has 0 unspecified atom stereocenters. The number of fused-ring (bicyclic) bond motifs is 6. The Morgan fingerprint density at radius 1 is 1.17 bits per heavy atom. The SMILES string of the molecule is C#C[C@]1(O)CC[C@H]2[C@@H]3CC[C@H]4Cc5nc(S(C)(=O)=O)ncc5C[C@]4(C)[C@H]3CC[C@@]21C. The van der Waals surface area contributed by atoms with Crippen LogP contribution in [0.3, 0.4) is 0 Å². The molecule has 5 nitrogen and oxygen atoms in total. The largest absolute Gasteiger partial charge is 0.377 e. The number of aliphatic hydroxyl groups is 1. The smallest absolute Gasteiger partial charge is 0.246 e. The average Bonchev–Trinajstić information content (AvgIpc) is 2.96. The number of rotatable bonds is 1. The van der Waals surface area contributed by atoms with E-state index >= 15 is 0 Å². The molecule has 3 fully saturated rings. The van der Waals surface area contributed by atoms with Crippen molar-refractivity contribution in [1.82, 2.24) is 9.97 Å². The predicted molar refractivity (Wildman–Crippen MR) is 114 cm³/mol. The number of sulfone groups is 1. The molecule has 0 radical (unpaired) electrons. The summed E-state index contributed by atoms with van der Waals surface area (Å²) in [4.78, 5) is 8.63. The maximum absolute atomic E-state index is 11.9. The average molecular weight is 429 g/mol. The summed E-state index contributed by atoms with van der Waals surface area (Å²) in [5.74, 6) is 4.98. The Labute approximate surface area is 180 Å². The van der Waals surface area contributed by atoms with Gasteiger partial charge in [-0.25, -0.2) is 18.4 Å². The predicted octanol–water partition coefficient (Wildman–Crippen LogP) is 3.20. The summed E-state index contributed by atoms with van der Waals surface area (Å²) in [6, 6.07) is 0. The molecule has 3 saturated carbocycles. The van der Waals surface area contributed by atoms with Gasteiger partial charge in [-0.3, -0.25) is 0 Å². The Hall–Kier alpha value is -1.45. The van der Waals surface area contributed by atoms with Gasteiger partial charge >= 0.3 is 0 Å². The first-order valence-corrected chi connectivity index (χ1v) is 13.2. The molecule has 0 amide bonds. The Bertz CT molecular complexity index is 1050.